The van der Waals surface area contributed by atoms with Gasteiger partial charge in [-0.05, 0) is 84.2 Å². The van der Waals surface area contributed by atoms with E-state index in [1.165, 1.54) is 103 Å². The molecule has 8 nitrogen and oxygen atoms in total. The number of hydrogen-bond donors (Lipinski definition) is 1. The summed E-state index contributed by atoms with van der Waals surface area (Å²) in [6.07, 6.45) is 40.9. The minimum Gasteiger partial charge on any atom is -0.462 e. The molecule has 0 aliphatic carbocycles. The number of nitrogens with zero attached hydrogens (tertiary/aromatic N) is 1. The molecule has 0 saturated heterocycles. The fraction of sp³-hybridized carbons (Fsp3) is 0.848. The molecule has 0 rings (SSSR count). The Morgan fingerprint density at radius 3 is 1.24 bits per heavy atom. The SMILES string of the molecule is CCCCCCCC/C=C\CCCCCCCC(=O)OCC(COC(=O)CCCN(C)CCO)OC(=O)CCCCCCC/C=C\CCCCCCCC. The second kappa shape index (κ2) is 42.0. The molecule has 0 heterocycles. The van der Waals surface area contributed by atoms with Crippen molar-refractivity contribution in [1.29, 1.82) is 0 Å². The van der Waals surface area contributed by atoms with E-state index in [0.29, 0.717) is 32.4 Å². The number of esters is 3. The molecule has 0 aromatic rings. The number of aliphatic hydroxyl groups excluding tert-OH is 1. The molecule has 54 heavy (non-hydrogen) atoms. The molecule has 0 bridgehead atoms. The molecule has 0 saturated carbocycles. The van der Waals surface area contributed by atoms with E-state index in [1.54, 1.807) is 0 Å². The van der Waals surface area contributed by atoms with Crippen LogP contribution in [0.4, 0.5) is 0 Å². The van der Waals surface area contributed by atoms with Crippen LogP contribution < -0.4 is 0 Å². The van der Waals surface area contributed by atoms with Crippen molar-refractivity contribution in [2.45, 2.75) is 213 Å². The van der Waals surface area contributed by atoms with Crippen molar-refractivity contribution in [3.05, 3.63) is 24.3 Å². The van der Waals surface area contributed by atoms with Crippen LogP contribution in [-0.2, 0) is 28.6 Å². The molecule has 0 aromatic carbocycles. The Morgan fingerprint density at radius 2 is 0.833 bits per heavy atom. The zero-order chi connectivity index (χ0) is 39.6. The van der Waals surface area contributed by atoms with E-state index in [9.17, 15) is 14.4 Å². The molecule has 0 spiro atoms. The van der Waals surface area contributed by atoms with Crippen molar-refractivity contribution in [1.82, 2.24) is 4.90 Å². The van der Waals surface area contributed by atoms with E-state index >= 15 is 0 Å². The van der Waals surface area contributed by atoms with Crippen LogP contribution in [0.15, 0.2) is 24.3 Å². The zero-order valence-corrected chi connectivity index (χ0v) is 35.5. The number of carbonyl (C=O) groups is 3. The number of ether oxygens (including phenoxy) is 3. The van der Waals surface area contributed by atoms with Gasteiger partial charge in [-0.15, -0.1) is 0 Å². The first-order valence-corrected chi connectivity index (χ1v) is 22.5. The first-order valence-electron chi connectivity index (χ1n) is 22.5. The highest BCUT2D eigenvalue weighted by Crippen LogP contribution is 2.13. The smallest absolute Gasteiger partial charge is 0.306 e. The highest BCUT2D eigenvalue weighted by Gasteiger charge is 2.19. The average molecular weight is 764 g/mol. The standard InChI is InChI=1S/C46H85NO7/c1-4-6-8-10-12-14-16-18-20-22-24-26-28-30-32-35-44(49)52-41-43(42-53-45(50)37-34-38-47(3)39-40-48)54-46(51)36-33-31-29-27-25-23-21-19-17-15-13-11-9-7-5-2/h18-21,43,48H,4-17,22-42H2,1-3H3/b20-18-,21-19-. The fourth-order valence-electron chi connectivity index (χ4n) is 6.33. The molecule has 0 aromatic heterocycles. The van der Waals surface area contributed by atoms with Gasteiger partial charge in [0.1, 0.15) is 13.2 Å². The van der Waals surface area contributed by atoms with Crippen LogP contribution in [-0.4, -0.2) is 74.0 Å². The van der Waals surface area contributed by atoms with Gasteiger partial charge in [0.05, 0.1) is 6.61 Å². The number of unbranched alkanes of at least 4 members (excludes halogenated alkanes) is 22. The third-order valence-electron chi connectivity index (χ3n) is 9.85. The Kier molecular flexibility index (Phi) is 40.3. The number of allylic oxidation sites excluding steroid dienone is 4. The first kappa shape index (κ1) is 51.8. The molecule has 0 radical (unpaired) electrons. The third kappa shape index (κ3) is 39.5. The van der Waals surface area contributed by atoms with Crippen molar-refractivity contribution in [3.8, 4) is 0 Å². The summed E-state index contributed by atoms with van der Waals surface area (Å²) in [5, 5.41) is 9.05. The van der Waals surface area contributed by atoms with Gasteiger partial charge in [0.2, 0.25) is 0 Å². The molecule has 0 amide bonds. The maximum Gasteiger partial charge on any atom is 0.306 e. The predicted molar refractivity (Wildman–Crippen MR) is 225 cm³/mol. The summed E-state index contributed by atoms with van der Waals surface area (Å²) in [4.78, 5) is 39.5. The number of rotatable bonds is 41. The first-order chi connectivity index (χ1) is 26.4. The van der Waals surface area contributed by atoms with Crippen molar-refractivity contribution in [3.63, 3.8) is 0 Å². The topological polar surface area (TPSA) is 102 Å². The van der Waals surface area contributed by atoms with Gasteiger partial charge in [-0.2, -0.15) is 0 Å². The Morgan fingerprint density at radius 1 is 0.481 bits per heavy atom. The summed E-state index contributed by atoms with van der Waals surface area (Å²) in [5.74, 6) is -1.05. The summed E-state index contributed by atoms with van der Waals surface area (Å²) in [6.45, 7) is 5.54. The lowest BCUT2D eigenvalue weighted by molar-refractivity contribution is -0.167. The Bertz CT molecular complexity index is 905. The van der Waals surface area contributed by atoms with Crippen molar-refractivity contribution >= 4 is 17.9 Å². The van der Waals surface area contributed by atoms with Gasteiger partial charge in [0.25, 0.3) is 0 Å². The van der Waals surface area contributed by atoms with Gasteiger partial charge >= 0.3 is 17.9 Å². The van der Waals surface area contributed by atoms with Gasteiger partial charge in [-0.25, -0.2) is 0 Å². The summed E-state index contributed by atoms with van der Waals surface area (Å²) in [6, 6.07) is 0. The lowest BCUT2D eigenvalue weighted by atomic mass is 10.1. The monoisotopic (exact) mass is 764 g/mol. The molecule has 1 N–H and O–H groups in total. The van der Waals surface area contributed by atoms with E-state index in [1.807, 2.05) is 11.9 Å². The molecule has 0 fully saturated rings. The highest BCUT2D eigenvalue weighted by molar-refractivity contribution is 5.71. The molecule has 8 heteroatoms. The number of carbonyl (C=O) groups excluding carboxylic acids is 3. The van der Waals surface area contributed by atoms with Crippen LogP contribution in [0.3, 0.4) is 0 Å². The van der Waals surface area contributed by atoms with Crippen LogP contribution in [0.1, 0.15) is 206 Å². The normalized spacial score (nSPS) is 12.2. The molecule has 0 aliphatic rings. The van der Waals surface area contributed by atoms with E-state index in [-0.39, 0.29) is 44.1 Å². The second-order valence-electron chi connectivity index (χ2n) is 15.3. The average Bonchev–Trinajstić information content (AvgIpc) is 3.16. The molecule has 1 unspecified atom stereocenters. The van der Waals surface area contributed by atoms with Crippen LogP contribution in [0.5, 0.6) is 0 Å². The maximum absolute atomic E-state index is 12.7. The zero-order valence-electron chi connectivity index (χ0n) is 35.5. The van der Waals surface area contributed by atoms with Gasteiger partial charge in [0.15, 0.2) is 6.10 Å². The van der Waals surface area contributed by atoms with Gasteiger partial charge in [-0.3, -0.25) is 14.4 Å². The highest BCUT2D eigenvalue weighted by atomic mass is 16.6. The molecule has 1 atom stereocenters. The van der Waals surface area contributed by atoms with E-state index in [4.69, 9.17) is 19.3 Å². The lowest BCUT2D eigenvalue weighted by Gasteiger charge is -2.19. The van der Waals surface area contributed by atoms with Crippen molar-refractivity contribution < 1.29 is 33.7 Å². The Hall–Kier alpha value is -2.19. The van der Waals surface area contributed by atoms with Gasteiger partial charge in [-0.1, -0.05) is 141 Å². The number of aliphatic hydroxyl groups is 1. The van der Waals surface area contributed by atoms with E-state index in [0.717, 1.165) is 64.2 Å². The number of likely N-dealkylation sites (N-methyl/N-ethyl adjacent to an activating group) is 1. The molecule has 316 valence electrons. The van der Waals surface area contributed by atoms with Crippen LogP contribution >= 0.6 is 0 Å². The third-order valence-corrected chi connectivity index (χ3v) is 9.85. The molecular weight excluding hydrogens is 679 g/mol. The minimum atomic E-state index is -0.820. The van der Waals surface area contributed by atoms with Crippen LogP contribution in [0.25, 0.3) is 0 Å². The molecular formula is C46H85NO7. The number of hydrogen-bond acceptors (Lipinski definition) is 8. The summed E-state index contributed by atoms with van der Waals surface area (Å²) in [5.41, 5.74) is 0. The summed E-state index contributed by atoms with van der Waals surface area (Å²) in [7, 11) is 1.89. The summed E-state index contributed by atoms with van der Waals surface area (Å²) >= 11 is 0. The second-order valence-corrected chi connectivity index (χ2v) is 15.3. The predicted octanol–water partition coefficient (Wildman–Crippen LogP) is 11.8. The van der Waals surface area contributed by atoms with E-state index in [2.05, 4.69) is 38.2 Å². The maximum atomic E-state index is 12.7. The summed E-state index contributed by atoms with van der Waals surface area (Å²) < 4.78 is 16.5. The molecule has 0 aliphatic heterocycles. The van der Waals surface area contributed by atoms with Crippen LogP contribution in [0.2, 0.25) is 0 Å². The minimum absolute atomic E-state index is 0.0704. The Labute approximate surface area is 332 Å². The van der Waals surface area contributed by atoms with Crippen LogP contribution in [0, 0.1) is 0 Å². The largest absolute Gasteiger partial charge is 0.462 e. The van der Waals surface area contributed by atoms with E-state index < -0.39 is 6.10 Å². The van der Waals surface area contributed by atoms with Gasteiger partial charge < -0.3 is 24.2 Å². The fourth-order valence-corrected chi connectivity index (χ4v) is 6.33. The lowest BCUT2D eigenvalue weighted by Crippen LogP contribution is -2.31. The van der Waals surface area contributed by atoms with Crippen molar-refractivity contribution in [2.75, 3.05) is 40.0 Å². The van der Waals surface area contributed by atoms with Gasteiger partial charge in [0, 0.05) is 25.8 Å². The quantitative estimate of drug-likeness (QED) is 0.0284. The Balaban J connectivity index is 4.30. The van der Waals surface area contributed by atoms with Crippen molar-refractivity contribution in [2.24, 2.45) is 0 Å².